The number of hydrogen-bond acceptors (Lipinski definition) is 3. The van der Waals surface area contributed by atoms with Crippen LogP contribution in [0.2, 0.25) is 0 Å². The van der Waals surface area contributed by atoms with Crippen LogP contribution in [0.25, 0.3) is 0 Å². The van der Waals surface area contributed by atoms with Gasteiger partial charge in [0, 0.05) is 25.2 Å². The Bertz CT molecular complexity index is 316. The zero-order chi connectivity index (χ0) is 12.5. The van der Waals surface area contributed by atoms with E-state index in [9.17, 15) is 4.79 Å². The van der Waals surface area contributed by atoms with Gasteiger partial charge in [-0.3, -0.25) is 4.79 Å². The van der Waals surface area contributed by atoms with Gasteiger partial charge in [0.2, 0.25) is 5.91 Å². The third-order valence-corrected chi connectivity index (χ3v) is 4.62. The highest BCUT2D eigenvalue weighted by atomic mass is 16.2. The molecule has 4 nitrogen and oxygen atoms in total. The average Bonchev–Trinajstić information content (AvgIpc) is 3.14. The smallest absolute Gasteiger partial charge is 0.240 e. The molecule has 0 bridgehead atoms. The first-order valence-corrected chi connectivity index (χ1v) is 7.57. The van der Waals surface area contributed by atoms with Crippen LogP contribution in [-0.2, 0) is 4.79 Å². The molecular formula is C14H25N3O. The maximum absolute atomic E-state index is 12.4. The minimum atomic E-state index is 0.120. The fourth-order valence-corrected chi connectivity index (χ4v) is 3.33. The van der Waals surface area contributed by atoms with Gasteiger partial charge in [0.15, 0.2) is 0 Å². The molecule has 0 radical (unpaired) electrons. The number of nitrogens with one attached hydrogen (secondary N) is 1. The molecule has 2 atom stereocenters. The molecule has 18 heavy (non-hydrogen) atoms. The molecule has 0 aromatic rings. The van der Waals surface area contributed by atoms with Crippen molar-refractivity contribution in [3.05, 3.63) is 0 Å². The molecule has 1 amide bonds. The van der Waals surface area contributed by atoms with Crippen molar-refractivity contribution in [1.82, 2.24) is 15.1 Å². The number of amides is 1. The Kier molecular flexibility index (Phi) is 3.57. The number of carbonyl (C=O) groups excluding carboxylic acids is 1. The summed E-state index contributed by atoms with van der Waals surface area (Å²) in [6.07, 6.45) is 5.97. The summed E-state index contributed by atoms with van der Waals surface area (Å²) in [4.78, 5) is 17.0. The molecule has 2 unspecified atom stereocenters. The molecule has 2 saturated heterocycles. The van der Waals surface area contributed by atoms with Gasteiger partial charge in [0.25, 0.3) is 0 Å². The third kappa shape index (κ3) is 2.54. The molecule has 1 N–H and O–H groups in total. The molecule has 1 saturated carbocycles. The van der Waals surface area contributed by atoms with E-state index in [2.05, 4.69) is 22.0 Å². The lowest BCUT2D eigenvalue weighted by Gasteiger charge is -2.37. The van der Waals surface area contributed by atoms with Gasteiger partial charge < -0.3 is 15.1 Å². The van der Waals surface area contributed by atoms with Crippen molar-refractivity contribution in [2.24, 2.45) is 0 Å². The second-order valence-electron chi connectivity index (χ2n) is 6.00. The second kappa shape index (κ2) is 5.17. The lowest BCUT2D eigenvalue weighted by molar-refractivity contribution is -0.132. The molecular weight excluding hydrogens is 226 g/mol. The standard InChI is InChI=1S/C14H25N3O/c1-2-16-8-3-4-12(10-16)17-9-7-13(14(17)18)15-11-5-6-11/h11-13,15H,2-10H2,1H3. The number of hydrogen-bond donors (Lipinski definition) is 1. The normalized spacial score (nSPS) is 34.3. The van der Waals surface area contributed by atoms with Crippen LogP contribution in [0.15, 0.2) is 0 Å². The number of likely N-dealkylation sites (tertiary alicyclic amines) is 2. The molecule has 0 aromatic heterocycles. The Labute approximate surface area is 110 Å². The summed E-state index contributed by atoms with van der Waals surface area (Å²) < 4.78 is 0. The summed E-state index contributed by atoms with van der Waals surface area (Å²) in [5, 5.41) is 3.49. The Hall–Kier alpha value is -0.610. The molecule has 0 aromatic carbocycles. The lowest BCUT2D eigenvalue weighted by Crippen LogP contribution is -2.50. The summed E-state index contributed by atoms with van der Waals surface area (Å²) in [7, 11) is 0. The first kappa shape index (κ1) is 12.4. The van der Waals surface area contributed by atoms with E-state index in [1.54, 1.807) is 0 Å². The van der Waals surface area contributed by atoms with Crippen molar-refractivity contribution in [2.75, 3.05) is 26.2 Å². The summed E-state index contributed by atoms with van der Waals surface area (Å²) in [6, 6.07) is 1.23. The van der Waals surface area contributed by atoms with Crippen LogP contribution in [0.5, 0.6) is 0 Å². The molecule has 0 spiro atoms. The van der Waals surface area contributed by atoms with Gasteiger partial charge in [-0.2, -0.15) is 0 Å². The minimum Gasteiger partial charge on any atom is -0.337 e. The van der Waals surface area contributed by atoms with E-state index < -0.39 is 0 Å². The van der Waals surface area contributed by atoms with Gasteiger partial charge in [-0.05, 0) is 45.2 Å². The van der Waals surface area contributed by atoms with Crippen LogP contribution < -0.4 is 5.32 Å². The van der Waals surface area contributed by atoms with Gasteiger partial charge in [0.05, 0.1) is 6.04 Å². The fraction of sp³-hybridized carbons (Fsp3) is 0.929. The summed E-state index contributed by atoms with van der Waals surface area (Å²) in [5.74, 6) is 0.366. The van der Waals surface area contributed by atoms with E-state index in [4.69, 9.17) is 0 Å². The first-order chi connectivity index (χ1) is 8.78. The zero-order valence-electron chi connectivity index (χ0n) is 11.4. The zero-order valence-corrected chi connectivity index (χ0v) is 11.4. The minimum absolute atomic E-state index is 0.120. The number of carbonyl (C=O) groups is 1. The molecule has 102 valence electrons. The van der Waals surface area contributed by atoms with Gasteiger partial charge >= 0.3 is 0 Å². The topological polar surface area (TPSA) is 35.6 Å². The summed E-state index contributed by atoms with van der Waals surface area (Å²) in [6.45, 7) is 6.58. The van der Waals surface area contributed by atoms with Gasteiger partial charge in [-0.1, -0.05) is 6.92 Å². The quantitative estimate of drug-likeness (QED) is 0.803. The van der Waals surface area contributed by atoms with Gasteiger partial charge in [-0.25, -0.2) is 0 Å². The predicted molar refractivity (Wildman–Crippen MR) is 71.4 cm³/mol. The van der Waals surface area contributed by atoms with Crippen molar-refractivity contribution < 1.29 is 4.79 Å². The van der Waals surface area contributed by atoms with Crippen molar-refractivity contribution in [2.45, 2.75) is 57.2 Å². The van der Waals surface area contributed by atoms with Crippen molar-refractivity contribution in [1.29, 1.82) is 0 Å². The van der Waals surface area contributed by atoms with E-state index in [-0.39, 0.29) is 6.04 Å². The molecule has 2 heterocycles. The van der Waals surface area contributed by atoms with Gasteiger partial charge in [-0.15, -0.1) is 0 Å². The lowest BCUT2D eigenvalue weighted by atomic mass is 10.0. The summed E-state index contributed by atoms with van der Waals surface area (Å²) in [5.41, 5.74) is 0. The molecule has 1 aliphatic carbocycles. The van der Waals surface area contributed by atoms with Crippen molar-refractivity contribution in [3.63, 3.8) is 0 Å². The highest BCUT2D eigenvalue weighted by Crippen LogP contribution is 2.25. The highest BCUT2D eigenvalue weighted by molar-refractivity contribution is 5.84. The largest absolute Gasteiger partial charge is 0.337 e. The van der Waals surface area contributed by atoms with Crippen LogP contribution in [-0.4, -0.2) is 60.0 Å². The number of likely N-dealkylation sites (N-methyl/N-ethyl adjacent to an activating group) is 1. The van der Waals surface area contributed by atoms with Crippen molar-refractivity contribution >= 4 is 5.91 Å². The van der Waals surface area contributed by atoms with Gasteiger partial charge in [0.1, 0.15) is 0 Å². The second-order valence-corrected chi connectivity index (χ2v) is 6.00. The monoisotopic (exact) mass is 251 g/mol. The molecule has 2 aliphatic heterocycles. The third-order valence-electron chi connectivity index (χ3n) is 4.62. The Balaban J connectivity index is 1.57. The maximum Gasteiger partial charge on any atom is 0.240 e. The van der Waals surface area contributed by atoms with Crippen LogP contribution >= 0.6 is 0 Å². The van der Waals surface area contributed by atoms with E-state index in [0.717, 1.165) is 26.1 Å². The molecule has 3 fully saturated rings. The van der Waals surface area contributed by atoms with Crippen LogP contribution in [0.4, 0.5) is 0 Å². The molecule has 3 rings (SSSR count). The first-order valence-electron chi connectivity index (χ1n) is 7.57. The molecule has 4 heteroatoms. The Morgan fingerprint density at radius 3 is 2.78 bits per heavy atom. The Morgan fingerprint density at radius 1 is 1.22 bits per heavy atom. The predicted octanol–water partition coefficient (Wildman–Crippen LogP) is 0.824. The maximum atomic E-state index is 12.4. The van der Waals surface area contributed by atoms with Crippen LogP contribution in [0.3, 0.4) is 0 Å². The van der Waals surface area contributed by atoms with Crippen molar-refractivity contribution in [3.8, 4) is 0 Å². The Morgan fingerprint density at radius 2 is 2.06 bits per heavy atom. The van der Waals surface area contributed by atoms with E-state index in [1.165, 1.54) is 32.2 Å². The fourth-order valence-electron chi connectivity index (χ4n) is 3.33. The number of rotatable bonds is 4. The van der Waals surface area contributed by atoms with Crippen LogP contribution in [0.1, 0.15) is 39.0 Å². The van der Waals surface area contributed by atoms with Crippen LogP contribution in [0, 0.1) is 0 Å². The SMILES string of the molecule is CCN1CCCC(N2CCC(NC3CC3)C2=O)C1. The number of piperidine rings is 1. The average molecular weight is 251 g/mol. The van der Waals surface area contributed by atoms with E-state index >= 15 is 0 Å². The number of nitrogens with zero attached hydrogens (tertiary/aromatic N) is 2. The highest BCUT2D eigenvalue weighted by Gasteiger charge is 2.39. The van der Waals surface area contributed by atoms with E-state index in [0.29, 0.717) is 18.0 Å². The summed E-state index contributed by atoms with van der Waals surface area (Å²) >= 11 is 0. The van der Waals surface area contributed by atoms with E-state index in [1.807, 2.05) is 0 Å². The molecule has 3 aliphatic rings.